The Morgan fingerprint density at radius 2 is 2.21 bits per heavy atom. The monoisotopic (exact) mass is 282 g/mol. The third kappa shape index (κ3) is 3.51. The lowest BCUT2D eigenvalue weighted by atomic mass is 10.0. The van der Waals surface area contributed by atoms with Crippen molar-refractivity contribution in [2.75, 3.05) is 13.1 Å². The zero-order valence-corrected chi connectivity index (χ0v) is 11.7. The lowest BCUT2D eigenvalue weighted by molar-refractivity contribution is -0.129. The zero-order chi connectivity index (χ0) is 13.8. The molecule has 2 amide bonds. The molecule has 104 valence electrons. The molecule has 2 rings (SSSR count). The second kappa shape index (κ2) is 6.12. The summed E-state index contributed by atoms with van der Waals surface area (Å²) in [6.45, 7) is 3.33. The highest BCUT2D eigenvalue weighted by Gasteiger charge is 2.23. The fourth-order valence-corrected chi connectivity index (χ4v) is 2.76. The number of amides is 2. The molecule has 0 saturated carbocycles. The number of carbonyl (C=O) groups excluding carboxylic acids is 2. The average molecular weight is 282 g/mol. The Balaban J connectivity index is 1.85. The molecule has 0 bridgehead atoms. The Bertz CT molecular complexity index is 466. The molecule has 1 aliphatic rings. The molecule has 1 saturated heterocycles. The summed E-state index contributed by atoms with van der Waals surface area (Å²) in [5, 5.41) is 5.44. The first kappa shape index (κ1) is 14.0. The SMILES string of the molecule is CC(=O)N1CCC(NC(=O)c2csc(CN)n2)CC1. The number of piperidine rings is 1. The predicted octanol–water partition coefficient (Wildman–Crippen LogP) is 0.342. The van der Waals surface area contributed by atoms with Gasteiger partial charge < -0.3 is 16.0 Å². The topological polar surface area (TPSA) is 88.3 Å². The molecule has 0 unspecified atom stereocenters. The van der Waals surface area contributed by atoms with Crippen molar-refractivity contribution in [1.82, 2.24) is 15.2 Å². The van der Waals surface area contributed by atoms with E-state index in [0.29, 0.717) is 25.3 Å². The summed E-state index contributed by atoms with van der Waals surface area (Å²) in [6, 6.07) is 0.117. The number of thiazole rings is 1. The number of aromatic nitrogens is 1. The Labute approximate surface area is 116 Å². The third-order valence-electron chi connectivity index (χ3n) is 3.23. The average Bonchev–Trinajstić information content (AvgIpc) is 2.88. The molecule has 19 heavy (non-hydrogen) atoms. The number of likely N-dealkylation sites (tertiary alicyclic amines) is 1. The molecular weight excluding hydrogens is 264 g/mol. The lowest BCUT2D eigenvalue weighted by Gasteiger charge is -2.31. The maximum Gasteiger partial charge on any atom is 0.270 e. The highest BCUT2D eigenvalue weighted by atomic mass is 32.1. The molecular formula is C12H18N4O2S. The van der Waals surface area contributed by atoms with Gasteiger partial charge in [-0.3, -0.25) is 9.59 Å². The number of rotatable bonds is 3. The highest BCUT2D eigenvalue weighted by Crippen LogP contribution is 2.13. The van der Waals surface area contributed by atoms with Crippen LogP contribution in [0.5, 0.6) is 0 Å². The first-order valence-electron chi connectivity index (χ1n) is 6.31. The maximum atomic E-state index is 12.0. The number of nitrogens with one attached hydrogen (secondary N) is 1. The summed E-state index contributed by atoms with van der Waals surface area (Å²) in [4.78, 5) is 29.1. The molecule has 0 spiro atoms. The summed E-state index contributed by atoms with van der Waals surface area (Å²) < 4.78 is 0. The molecule has 1 aromatic heterocycles. The van der Waals surface area contributed by atoms with Crippen LogP contribution in [0.1, 0.15) is 35.3 Å². The minimum absolute atomic E-state index is 0.0943. The fraction of sp³-hybridized carbons (Fsp3) is 0.583. The van der Waals surface area contributed by atoms with E-state index in [0.717, 1.165) is 17.8 Å². The van der Waals surface area contributed by atoms with Crippen LogP contribution in [-0.2, 0) is 11.3 Å². The number of nitrogens with two attached hydrogens (primary N) is 1. The van der Waals surface area contributed by atoms with E-state index in [9.17, 15) is 9.59 Å². The molecule has 1 aromatic rings. The summed E-state index contributed by atoms with van der Waals surface area (Å²) in [6.07, 6.45) is 1.58. The van der Waals surface area contributed by atoms with Crippen molar-refractivity contribution in [3.63, 3.8) is 0 Å². The third-order valence-corrected chi connectivity index (χ3v) is 4.11. The molecule has 3 N–H and O–H groups in total. The Kier molecular flexibility index (Phi) is 4.49. The van der Waals surface area contributed by atoms with Crippen molar-refractivity contribution in [3.05, 3.63) is 16.1 Å². The van der Waals surface area contributed by atoms with Crippen molar-refractivity contribution >= 4 is 23.2 Å². The van der Waals surface area contributed by atoms with Crippen LogP contribution in [0, 0.1) is 0 Å². The van der Waals surface area contributed by atoms with Crippen LogP contribution in [0.15, 0.2) is 5.38 Å². The van der Waals surface area contributed by atoms with E-state index in [1.807, 2.05) is 0 Å². The smallest absolute Gasteiger partial charge is 0.270 e. The lowest BCUT2D eigenvalue weighted by Crippen LogP contribution is -2.46. The second-order valence-corrected chi connectivity index (χ2v) is 5.53. The van der Waals surface area contributed by atoms with Gasteiger partial charge in [0.05, 0.1) is 0 Å². The number of hydrogen-bond acceptors (Lipinski definition) is 5. The van der Waals surface area contributed by atoms with Crippen LogP contribution in [-0.4, -0.2) is 40.8 Å². The van der Waals surface area contributed by atoms with Crippen LogP contribution in [0.4, 0.5) is 0 Å². The maximum absolute atomic E-state index is 12.0. The van der Waals surface area contributed by atoms with Gasteiger partial charge in [-0.25, -0.2) is 4.98 Å². The van der Waals surface area contributed by atoms with Gasteiger partial charge in [-0.15, -0.1) is 11.3 Å². The largest absolute Gasteiger partial charge is 0.348 e. The van der Waals surface area contributed by atoms with Crippen LogP contribution < -0.4 is 11.1 Å². The molecule has 0 radical (unpaired) electrons. The van der Waals surface area contributed by atoms with Gasteiger partial charge in [-0.05, 0) is 12.8 Å². The van der Waals surface area contributed by atoms with Crippen molar-refractivity contribution in [2.45, 2.75) is 32.4 Å². The van der Waals surface area contributed by atoms with Gasteiger partial charge in [0.25, 0.3) is 5.91 Å². The molecule has 0 atom stereocenters. The van der Waals surface area contributed by atoms with Gasteiger partial charge >= 0.3 is 0 Å². The standard InChI is InChI=1S/C12H18N4O2S/c1-8(17)16-4-2-9(3-5-16)14-12(18)10-7-19-11(6-13)15-10/h7,9H,2-6,13H2,1H3,(H,14,18). The van der Waals surface area contributed by atoms with Gasteiger partial charge in [-0.2, -0.15) is 0 Å². The molecule has 0 aromatic carbocycles. The van der Waals surface area contributed by atoms with Crippen LogP contribution >= 0.6 is 11.3 Å². The number of hydrogen-bond donors (Lipinski definition) is 2. The first-order valence-corrected chi connectivity index (χ1v) is 7.19. The Morgan fingerprint density at radius 1 is 1.53 bits per heavy atom. The van der Waals surface area contributed by atoms with E-state index in [4.69, 9.17) is 5.73 Å². The van der Waals surface area contributed by atoms with Gasteiger partial charge in [0.1, 0.15) is 10.7 Å². The highest BCUT2D eigenvalue weighted by molar-refractivity contribution is 7.09. The van der Waals surface area contributed by atoms with E-state index >= 15 is 0 Å². The summed E-state index contributed by atoms with van der Waals surface area (Å²) in [5.41, 5.74) is 5.90. The van der Waals surface area contributed by atoms with Gasteiger partial charge in [0.15, 0.2) is 0 Å². The quantitative estimate of drug-likeness (QED) is 0.837. The first-order chi connectivity index (χ1) is 9.10. The van der Waals surface area contributed by atoms with Crippen LogP contribution in [0.2, 0.25) is 0 Å². The van der Waals surface area contributed by atoms with Crippen molar-refractivity contribution in [2.24, 2.45) is 5.73 Å². The number of nitrogens with zero attached hydrogens (tertiary/aromatic N) is 2. The number of carbonyl (C=O) groups is 2. The molecule has 0 aliphatic carbocycles. The molecule has 2 heterocycles. The molecule has 7 heteroatoms. The van der Waals surface area contributed by atoms with E-state index in [1.54, 1.807) is 17.2 Å². The van der Waals surface area contributed by atoms with Crippen molar-refractivity contribution in [3.8, 4) is 0 Å². The van der Waals surface area contributed by atoms with Gasteiger partial charge in [-0.1, -0.05) is 0 Å². The minimum atomic E-state index is -0.155. The van der Waals surface area contributed by atoms with Crippen molar-refractivity contribution in [1.29, 1.82) is 0 Å². The van der Waals surface area contributed by atoms with E-state index in [2.05, 4.69) is 10.3 Å². The molecule has 6 nitrogen and oxygen atoms in total. The van der Waals surface area contributed by atoms with E-state index in [-0.39, 0.29) is 17.9 Å². The summed E-state index contributed by atoms with van der Waals surface area (Å²) >= 11 is 1.39. The molecule has 1 aliphatic heterocycles. The zero-order valence-electron chi connectivity index (χ0n) is 10.9. The van der Waals surface area contributed by atoms with E-state index in [1.165, 1.54) is 11.3 Å². The Hall–Kier alpha value is -1.47. The fourth-order valence-electron chi connectivity index (χ4n) is 2.11. The normalized spacial score (nSPS) is 16.4. The second-order valence-electron chi connectivity index (χ2n) is 4.58. The van der Waals surface area contributed by atoms with Gasteiger partial charge in [0, 0.05) is 38.0 Å². The van der Waals surface area contributed by atoms with Crippen LogP contribution in [0.3, 0.4) is 0 Å². The van der Waals surface area contributed by atoms with Crippen molar-refractivity contribution < 1.29 is 9.59 Å². The van der Waals surface area contributed by atoms with E-state index < -0.39 is 0 Å². The van der Waals surface area contributed by atoms with Gasteiger partial charge in [0.2, 0.25) is 5.91 Å². The predicted molar refractivity (Wildman–Crippen MR) is 72.7 cm³/mol. The molecule has 1 fully saturated rings. The summed E-state index contributed by atoms with van der Waals surface area (Å²) in [5.74, 6) is -0.0610. The van der Waals surface area contributed by atoms with Crippen LogP contribution in [0.25, 0.3) is 0 Å². The minimum Gasteiger partial charge on any atom is -0.348 e. The Morgan fingerprint density at radius 3 is 2.74 bits per heavy atom. The summed E-state index contributed by atoms with van der Waals surface area (Å²) in [7, 11) is 0.